The van der Waals surface area contributed by atoms with Crippen LogP contribution >= 0.6 is 0 Å². The van der Waals surface area contributed by atoms with E-state index in [-0.39, 0.29) is 18.8 Å². The summed E-state index contributed by atoms with van der Waals surface area (Å²) in [6.45, 7) is 0.910. The van der Waals surface area contributed by atoms with E-state index in [1.54, 1.807) is 4.90 Å². The van der Waals surface area contributed by atoms with Gasteiger partial charge in [-0.1, -0.05) is 0 Å². The van der Waals surface area contributed by atoms with Gasteiger partial charge in [0.2, 0.25) is 5.95 Å². The van der Waals surface area contributed by atoms with E-state index in [2.05, 4.69) is 4.98 Å². The monoisotopic (exact) mass is 446 g/mol. The van der Waals surface area contributed by atoms with Gasteiger partial charge in [0.1, 0.15) is 11.6 Å². The number of aromatic nitrogens is 2. The molecule has 0 unspecified atom stereocenters. The zero-order chi connectivity index (χ0) is 22.5. The number of aliphatic hydroxyl groups excluding tert-OH is 2. The lowest BCUT2D eigenvalue weighted by atomic mass is 9.74. The first-order chi connectivity index (χ1) is 15.5. The molecule has 1 spiro atoms. The van der Waals surface area contributed by atoms with Gasteiger partial charge in [0.15, 0.2) is 0 Å². The lowest BCUT2D eigenvalue weighted by molar-refractivity contribution is 0.184. The minimum Gasteiger partial charge on any atom is -0.394 e. The van der Waals surface area contributed by atoms with Gasteiger partial charge in [-0.15, -0.1) is 0 Å². The molecule has 5 rings (SSSR count). The number of aryl methyl sites for hydroxylation is 1. The molecular formula is C23H28F2N4O3. The third kappa shape index (κ3) is 3.38. The third-order valence-electron chi connectivity index (χ3n) is 7.41. The number of benzene rings is 1. The summed E-state index contributed by atoms with van der Waals surface area (Å²) in [5.41, 5.74) is 1.90. The molecule has 1 aliphatic carbocycles. The van der Waals surface area contributed by atoms with Gasteiger partial charge in [0.05, 0.1) is 24.9 Å². The second kappa shape index (κ2) is 8.12. The summed E-state index contributed by atoms with van der Waals surface area (Å²) in [4.78, 5) is 24.0. The van der Waals surface area contributed by atoms with Crippen molar-refractivity contribution >= 4 is 11.6 Å². The summed E-state index contributed by atoms with van der Waals surface area (Å²) in [7, 11) is 0. The summed E-state index contributed by atoms with van der Waals surface area (Å²) in [5, 5.41) is 19.4. The van der Waals surface area contributed by atoms with Crippen molar-refractivity contribution < 1.29 is 19.0 Å². The molecule has 3 aliphatic rings. The summed E-state index contributed by atoms with van der Waals surface area (Å²) in [6.07, 6.45) is 4.79. The Balaban J connectivity index is 1.44. The van der Waals surface area contributed by atoms with E-state index in [0.29, 0.717) is 49.7 Å². The maximum atomic E-state index is 15.0. The van der Waals surface area contributed by atoms with Gasteiger partial charge < -0.3 is 20.0 Å². The van der Waals surface area contributed by atoms with Crippen LogP contribution in [0, 0.1) is 11.6 Å². The topological polar surface area (TPSA) is 92.7 Å². The van der Waals surface area contributed by atoms with Crippen molar-refractivity contribution in [3.8, 4) is 0 Å². The Morgan fingerprint density at radius 2 is 1.84 bits per heavy atom. The minimum atomic E-state index is -0.675. The van der Waals surface area contributed by atoms with Crippen LogP contribution in [0.3, 0.4) is 0 Å². The van der Waals surface area contributed by atoms with Crippen LogP contribution in [0.2, 0.25) is 0 Å². The first-order valence-electron chi connectivity index (χ1n) is 11.3. The predicted molar refractivity (Wildman–Crippen MR) is 116 cm³/mol. The van der Waals surface area contributed by atoms with Gasteiger partial charge >= 0.3 is 0 Å². The fourth-order valence-corrected chi connectivity index (χ4v) is 5.68. The number of piperidine rings is 1. The molecule has 7 nitrogen and oxygen atoms in total. The van der Waals surface area contributed by atoms with Gasteiger partial charge in [0, 0.05) is 47.9 Å². The summed E-state index contributed by atoms with van der Waals surface area (Å²) < 4.78 is 29.1. The molecule has 0 bridgehead atoms. The van der Waals surface area contributed by atoms with Crippen molar-refractivity contribution in [2.24, 2.45) is 0 Å². The van der Waals surface area contributed by atoms with Crippen LogP contribution in [0.5, 0.6) is 0 Å². The van der Waals surface area contributed by atoms with E-state index in [1.807, 2.05) is 4.90 Å². The van der Waals surface area contributed by atoms with Crippen molar-refractivity contribution in [2.75, 3.05) is 42.6 Å². The number of rotatable bonds is 4. The Bertz CT molecular complexity index is 1080. The highest BCUT2D eigenvalue weighted by Crippen LogP contribution is 2.49. The van der Waals surface area contributed by atoms with E-state index in [0.717, 1.165) is 43.0 Å². The molecule has 1 fully saturated rings. The zero-order valence-electron chi connectivity index (χ0n) is 17.9. The Morgan fingerprint density at radius 3 is 2.56 bits per heavy atom. The molecule has 1 aromatic heterocycles. The van der Waals surface area contributed by atoms with Gasteiger partial charge in [-0.25, -0.2) is 13.8 Å². The van der Waals surface area contributed by atoms with E-state index in [9.17, 15) is 19.4 Å². The highest BCUT2D eigenvalue weighted by molar-refractivity contribution is 5.65. The fraction of sp³-hybridized carbons (Fsp3) is 0.565. The number of hydrogen-bond donors (Lipinski definition) is 3. The molecule has 0 radical (unpaired) electrons. The Hall–Kier alpha value is -2.52. The van der Waals surface area contributed by atoms with Crippen LogP contribution in [-0.4, -0.2) is 59.1 Å². The quantitative estimate of drug-likeness (QED) is 0.661. The maximum Gasteiger partial charge on any atom is 0.255 e. The van der Waals surface area contributed by atoms with Crippen molar-refractivity contribution in [1.29, 1.82) is 0 Å². The van der Waals surface area contributed by atoms with Gasteiger partial charge in [-0.3, -0.25) is 9.78 Å². The molecule has 2 aliphatic heterocycles. The molecule has 9 heteroatoms. The van der Waals surface area contributed by atoms with Gasteiger partial charge in [0.25, 0.3) is 5.56 Å². The average Bonchev–Trinajstić information content (AvgIpc) is 3.09. The van der Waals surface area contributed by atoms with Crippen LogP contribution in [-0.2, 0) is 18.3 Å². The highest BCUT2D eigenvalue weighted by atomic mass is 19.1. The van der Waals surface area contributed by atoms with Crippen molar-refractivity contribution in [3.63, 3.8) is 0 Å². The van der Waals surface area contributed by atoms with E-state index in [4.69, 9.17) is 4.98 Å². The molecular weight excluding hydrogens is 418 g/mol. The second-order valence-corrected chi connectivity index (χ2v) is 9.22. The fourth-order valence-electron chi connectivity index (χ4n) is 5.68. The Morgan fingerprint density at radius 1 is 1.12 bits per heavy atom. The minimum absolute atomic E-state index is 0.0716. The first-order valence-corrected chi connectivity index (χ1v) is 11.3. The lowest BCUT2D eigenvalue weighted by Crippen LogP contribution is -2.49. The van der Waals surface area contributed by atoms with Crippen LogP contribution in [0.4, 0.5) is 20.4 Å². The smallest absolute Gasteiger partial charge is 0.255 e. The van der Waals surface area contributed by atoms with Crippen LogP contribution in [0.25, 0.3) is 0 Å². The number of fused-ring (bicyclic) bond motifs is 3. The second-order valence-electron chi connectivity index (χ2n) is 9.22. The molecule has 1 aromatic carbocycles. The Kier molecular flexibility index (Phi) is 5.41. The number of aliphatic hydroxyl groups is 2. The largest absolute Gasteiger partial charge is 0.394 e. The van der Waals surface area contributed by atoms with Crippen LogP contribution < -0.4 is 15.4 Å². The van der Waals surface area contributed by atoms with Crippen molar-refractivity contribution in [3.05, 3.63) is 50.9 Å². The SMILES string of the molecule is O=c1[nH]c(N2CCC3(CC2)CN(C(CO)CO)c2cc(F)cc(F)c23)nc2c1CCCC2. The maximum absolute atomic E-state index is 15.0. The van der Waals surface area contributed by atoms with Gasteiger partial charge in [-0.05, 0) is 44.6 Å². The molecule has 2 aromatic rings. The average molecular weight is 446 g/mol. The van der Waals surface area contributed by atoms with Crippen molar-refractivity contribution in [1.82, 2.24) is 9.97 Å². The number of anilines is 2. The normalized spacial score (nSPS) is 19.5. The number of hydrogen-bond acceptors (Lipinski definition) is 6. The molecule has 0 saturated carbocycles. The molecule has 32 heavy (non-hydrogen) atoms. The number of nitrogens with zero attached hydrogens (tertiary/aromatic N) is 3. The lowest BCUT2D eigenvalue weighted by Gasteiger charge is -2.41. The number of aromatic amines is 1. The third-order valence-corrected chi connectivity index (χ3v) is 7.41. The summed E-state index contributed by atoms with van der Waals surface area (Å²) in [6, 6.07) is 1.58. The zero-order valence-corrected chi connectivity index (χ0v) is 17.9. The molecule has 0 atom stereocenters. The molecule has 0 amide bonds. The van der Waals surface area contributed by atoms with E-state index in [1.165, 1.54) is 6.07 Å². The number of H-pyrrole nitrogens is 1. The predicted octanol–water partition coefficient (Wildman–Crippen LogP) is 1.64. The summed E-state index contributed by atoms with van der Waals surface area (Å²) >= 11 is 0. The number of halogens is 2. The summed E-state index contributed by atoms with van der Waals surface area (Å²) in [5.74, 6) is -0.708. The van der Waals surface area contributed by atoms with E-state index >= 15 is 4.39 Å². The standard InChI is InChI=1S/C23H28F2N4O3/c24-14-9-17(25)20-19(10-14)29(15(11-30)12-31)13-23(20)5-7-28(8-6-23)22-26-18-4-2-1-3-16(18)21(32)27-22/h9-10,15,30-31H,1-8,11-13H2,(H,26,27,32). The molecule has 3 heterocycles. The Labute approximate surface area is 184 Å². The van der Waals surface area contributed by atoms with Crippen LogP contribution in [0.15, 0.2) is 16.9 Å². The molecule has 3 N–H and O–H groups in total. The molecule has 172 valence electrons. The number of nitrogens with one attached hydrogen (secondary N) is 1. The van der Waals surface area contributed by atoms with E-state index < -0.39 is 23.1 Å². The first kappa shape index (κ1) is 21.3. The van der Waals surface area contributed by atoms with Gasteiger partial charge in [-0.2, -0.15) is 0 Å². The molecule has 1 saturated heterocycles. The van der Waals surface area contributed by atoms with Crippen LogP contribution in [0.1, 0.15) is 42.5 Å². The van der Waals surface area contributed by atoms with Crippen molar-refractivity contribution in [2.45, 2.75) is 50.0 Å². The highest BCUT2D eigenvalue weighted by Gasteiger charge is 2.48.